The van der Waals surface area contributed by atoms with E-state index in [1.807, 2.05) is 47.4 Å². The number of amides is 3. The van der Waals surface area contributed by atoms with Gasteiger partial charge in [0.25, 0.3) is 0 Å². The normalized spacial score (nSPS) is 14.2. The van der Waals surface area contributed by atoms with Gasteiger partial charge in [-0.05, 0) is 36.5 Å². The summed E-state index contributed by atoms with van der Waals surface area (Å²) in [5.74, 6) is 2.44. The number of carbonyl (C=O) groups is 2. The summed E-state index contributed by atoms with van der Waals surface area (Å²) in [5.41, 5.74) is 1.90. The molecule has 0 bridgehead atoms. The number of piperidine rings is 1. The van der Waals surface area contributed by atoms with Crippen molar-refractivity contribution >= 4 is 29.4 Å². The maximum Gasteiger partial charge on any atom is 0.321 e. The van der Waals surface area contributed by atoms with Crippen LogP contribution in [0.5, 0.6) is 5.75 Å². The number of rotatable bonds is 8. The molecule has 2 N–H and O–H groups in total. The van der Waals surface area contributed by atoms with Gasteiger partial charge in [-0.15, -0.1) is 11.8 Å². The van der Waals surface area contributed by atoms with E-state index < -0.39 is 0 Å². The fraction of sp³-hybridized carbons (Fsp3) is 0.391. The lowest BCUT2D eigenvalue weighted by Gasteiger charge is -2.32. The average molecular weight is 428 g/mol. The van der Waals surface area contributed by atoms with Gasteiger partial charge in [-0.25, -0.2) is 4.79 Å². The SMILES string of the molecule is COc1ccccc1NC(=O)N1CCC(CNC(=O)CSCc2ccccc2)CC1. The van der Waals surface area contributed by atoms with Gasteiger partial charge in [0.2, 0.25) is 5.91 Å². The molecule has 0 unspecified atom stereocenters. The van der Waals surface area contributed by atoms with E-state index in [1.54, 1.807) is 18.9 Å². The van der Waals surface area contributed by atoms with Gasteiger partial charge in [0, 0.05) is 25.4 Å². The third kappa shape index (κ3) is 6.69. The molecule has 1 aliphatic rings. The highest BCUT2D eigenvalue weighted by Crippen LogP contribution is 2.24. The summed E-state index contributed by atoms with van der Waals surface area (Å²) in [7, 11) is 1.59. The third-order valence-corrected chi connectivity index (χ3v) is 6.19. The van der Waals surface area contributed by atoms with Gasteiger partial charge in [0.15, 0.2) is 0 Å². The lowest BCUT2D eigenvalue weighted by molar-refractivity contribution is -0.118. The predicted octanol–water partition coefficient (Wildman–Crippen LogP) is 3.99. The van der Waals surface area contributed by atoms with Crippen LogP contribution in [0.4, 0.5) is 10.5 Å². The van der Waals surface area contributed by atoms with Crippen LogP contribution in [-0.2, 0) is 10.5 Å². The Hall–Kier alpha value is -2.67. The highest BCUT2D eigenvalue weighted by atomic mass is 32.2. The number of benzene rings is 2. The van der Waals surface area contributed by atoms with E-state index in [0.29, 0.717) is 42.7 Å². The molecule has 3 rings (SSSR count). The molecule has 0 atom stereocenters. The molecule has 1 aliphatic heterocycles. The molecule has 0 saturated carbocycles. The molecule has 2 aromatic carbocycles. The Morgan fingerprint density at radius 1 is 1.07 bits per heavy atom. The third-order valence-electron chi connectivity index (χ3n) is 5.18. The summed E-state index contributed by atoms with van der Waals surface area (Å²) in [5, 5.41) is 5.96. The summed E-state index contributed by atoms with van der Waals surface area (Å²) >= 11 is 1.63. The Morgan fingerprint density at radius 3 is 2.50 bits per heavy atom. The summed E-state index contributed by atoms with van der Waals surface area (Å²) in [4.78, 5) is 26.4. The van der Waals surface area contributed by atoms with Crippen LogP contribution in [0.25, 0.3) is 0 Å². The molecule has 0 aliphatic carbocycles. The van der Waals surface area contributed by atoms with E-state index in [-0.39, 0.29) is 11.9 Å². The standard InChI is InChI=1S/C23H29N3O3S/c1-29-21-10-6-5-9-20(21)25-23(28)26-13-11-18(12-14-26)15-24-22(27)17-30-16-19-7-3-2-4-8-19/h2-10,18H,11-17H2,1H3,(H,24,27)(H,25,28). The zero-order valence-corrected chi connectivity index (χ0v) is 18.1. The van der Waals surface area contributed by atoms with Crippen molar-refractivity contribution in [3.8, 4) is 5.75 Å². The summed E-state index contributed by atoms with van der Waals surface area (Å²) in [6.07, 6.45) is 1.77. The van der Waals surface area contributed by atoms with Crippen LogP contribution >= 0.6 is 11.8 Å². The summed E-state index contributed by atoms with van der Waals surface area (Å²) in [6, 6.07) is 17.4. The lowest BCUT2D eigenvalue weighted by atomic mass is 9.97. The summed E-state index contributed by atoms with van der Waals surface area (Å²) in [6.45, 7) is 2.04. The molecule has 7 heteroatoms. The zero-order valence-electron chi connectivity index (χ0n) is 17.3. The van der Waals surface area contributed by atoms with E-state index >= 15 is 0 Å². The Morgan fingerprint density at radius 2 is 1.77 bits per heavy atom. The van der Waals surface area contributed by atoms with Crippen molar-refractivity contribution in [3.05, 3.63) is 60.2 Å². The van der Waals surface area contributed by atoms with Crippen molar-refractivity contribution in [1.29, 1.82) is 0 Å². The number of hydrogen-bond acceptors (Lipinski definition) is 4. The smallest absolute Gasteiger partial charge is 0.321 e. The first kappa shape index (κ1) is 22.0. The Bertz CT molecular complexity index is 823. The predicted molar refractivity (Wildman–Crippen MR) is 122 cm³/mol. The second kappa shape index (κ2) is 11.5. The highest BCUT2D eigenvalue weighted by Gasteiger charge is 2.23. The van der Waals surface area contributed by atoms with E-state index in [1.165, 1.54) is 5.56 Å². The van der Waals surface area contributed by atoms with E-state index in [4.69, 9.17) is 4.74 Å². The first-order valence-corrected chi connectivity index (χ1v) is 11.4. The molecule has 6 nitrogen and oxygen atoms in total. The number of nitrogens with one attached hydrogen (secondary N) is 2. The molecular formula is C23H29N3O3S. The first-order chi connectivity index (χ1) is 14.7. The van der Waals surface area contributed by atoms with Gasteiger partial charge in [0.1, 0.15) is 5.75 Å². The number of urea groups is 1. The van der Waals surface area contributed by atoms with Crippen molar-refractivity contribution in [1.82, 2.24) is 10.2 Å². The molecule has 0 radical (unpaired) electrons. The first-order valence-electron chi connectivity index (χ1n) is 10.2. The number of hydrogen-bond donors (Lipinski definition) is 2. The molecule has 0 aromatic heterocycles. The van der Waals surface area contributed by atoms with Crippen LogP contribution < -0.4 is 15.4 Å². The molecule has 1 fully saturated rings. The van der Waals surface area contributed by atoms with Gasteiger partial charge in [-0.1, -0.05) is 42.5 Å². The fourth-order valence-corrected chi connectivity index (χ4v) is 4.25. The Kier molecular flexibility index (Phi) is 8.44. The molecule has 0 spiro atoms. The van der Waals surface area contributed by atoms with Gasteiger partial charge in [0.05, 0.1) is 18.6 Å². The zero-order chi connectivity index (χ0) is 21.2. The number of ether oxygens (including phenoxy) is 1. The van der Waals surface area contributed by atoms with Crippen molar-refractivity contribution < 1.29 is 14.3 Å². The van der Waals surface area contributed by atoms with Gasteiger partial charge >= 0.3 is 6.03 Å². The van der Waals surface area contributed by atoms with Crippen LogP contribution in [0.1, 0.15) is 18.4 Å². The molecule has 160 valence electrons. The van der Waals surface area contributed by atoms with E-state index in [2.05, 4.69) is 22.8 Å². The van der Waals surface area contributed by atoms with E-state index in [9.17, 15) is 9.59 Å². The van der Waals surface area contributed by atoms with Crippen LogP contribution in [0, 0.1) is 5.92 Å². The minimum absolute atomic E-state index is 0.0762. The van der Waals surface area contributed by atoms with Crippen molar-refractivity contribution in [2.75, 3.05) is 37.8 Å². The number of thioether (sulfide) groups is 1. The second-order valence-corrected chi connectivity index (χ2v) is 8.33. The lowest BCUT2D eigenvalue weighted by Crippen LogP contribution is -2.43. The second-order valence-electron chi connectivity index (χ2n) is 7.34. The number of carbonyl (C=O) groups excluding carboxylic acids is 2. The van der Waals surface area contributed by atoms with Crippen LogP contribution in [0.2, 0.25) is 0 Å². The van der Waals surface area contributed by atoms with Crippen molar-refractivity contribution in [3.63, 3.8) is 0 Å². The fourth-order valence-electron chi connectivity index (χ4n) is 3.43. The highest BCUT2D eigenvalue weighted by molar-refractivity contribution is 7.99. The van der Waals surface area contributed by atoms with Crippen molar-refractivity contribution in [2.45, 2.75) is 18.6 Å². The number of methoxy groups -OCH3 is 1. The Balaban J connectivity index is 1.33. The molecule has 1 heterocycles. The topological polar surface area (TPSA) is 70.7 Å². The van der Waals surface area contributed by atoms with Crippen LogP contribution in [0.3, 0.4) is 0 Å². The monoisotopic (exact) mass is 427 g/mol. The van der Waals surface area contributed by atoms with Crippen molar-refractivity contribution in [2.24, 2.45) is 5.92 Å². The number of likely N-dealkylation sites (tertiary alicyclic amines) is 1. The van der Waals surface area contributed by atoms with Crippen LogP contribution in [0.15, 0.2) is 54.6 Å². The van der Waals surface area contributed by atoms with Crippen LogP contribution in [-0.4, -0.2) is 49.3 Å². The maximum absolute atomic E-state index is 12.5. The quantitative estimate of drug-likeness (QED) is 0.668. The summed E-state index contributed by atoms with van der Waals surface area (Å²) < 4.78 is 5.28. The minimum Gasteiger partial charge on any atom is -0.495 e. The number of anilines is 1. The largest absolute Gasteiger partial charge is 0.495 e. The average Bonchev–Trinajstić information content (AvgIpc) is 2.79. The number of nitrogens with zero attached hydrogens (tertiary/aromatic N) is 1. The molecule has 2 aromatic rings. The molecule has 1 saturated heterocycles. The minimum atomic E-state index is -0.112. The molecule has 3 amide bonds. The number of para-hydroxylation sites is 2. The van der Waals surface area contributed by atoms with Gasteiger partial charge in [-0.2, -0.15) is 0 Å². The van der Waals surface area contributed by atoms with Gasteiger partial charge < -0.3 is 20.3 Å². The molecule has 30 heavy (non-hydrogen) atoms. The Labute approximate surface area is 182 Å². The maximum atomic E-state index is 12.5. The van der Waals surface area contributed by atoms with E-state index in [0.717, 1.165) is 18.6 Å². The molecular weight excluding hydrogens is 398 g/mol. The van der Waals surface area contributed by atoms with Gasteiger partial charge in [-0.3, -0.25) is 4.79 Å².